The van der Waals surface area contributed by atoms with Crippen LogP contribution in [0.2, 0.25) is 0 Å². The minimum atomic E-state index is -0.247. The first kappa shape index (κ1) is 15.6. The molecule has 1 aliphatic heterocycles. The van der Waals surface area contributed by atoms with Crippen molar-refractivity contribution in [3.8, 4) is 0 Å². The third-order valence-corrected chi connectivity index (χ3v) is 4.34. The molecule has 0 radical (unpaired) electrons. The van der Waals surface area contributed by atoms with Gasteiger partial charge in [0.05, 0.1) is 11.7 Å². The summed E-state index contributed by atoms with van der Waals surface area (Å²) < 4.78 is 6.95. The van der Waals surface area contributed by atoms with Crippen LogP contribution in [0.3, 0.4) is 0 Å². The van der Waals surface area contributed by atoms with Crippen LogP contribution < -0.4 is 10.6 Å². The van der Waals surface area contributed by atoms with Crippen LogP contribution in [0.4, 0.5) is 10.5 Å². The Balaban J connectivity index is 1.49. The van der Waals surface area contributed by atoms with E-state index in [2.05, 4.69) is 25.7 Å². The number of amides is 2. The zero-order chi connectivity index (χ0) is 17.2. The highest BCUT2D eigenvalue weighted by atomic mass is 16.5. The van der Waals surface area contributed by atoms with Gasteiger partial charge in [-0.2, -0.15) is 5.10 Å². The van der Waals surface area contributed by atoms with Gasteiger partial charge in [0.15, 0.2) is 5.82 Å². The number of aromatic amines is 1. The smallest absolute Gasteiger partial charge is 0.319 e. The summed E-state index contributed by atoms with van der Waals surface area (Å²) in [6.45, 7) is 1.18. The molecule has 8 heteroatoms. The number of rotatable bonds is 4. The van der Waals surface area contributed by atoms with E-state index < -0.39 is 0 Å². The number of H-pyrrole nitrogens is 1. The SMILES string of the molecule is COCc1nc2n(n1)CCC[C@@H]2NC(=O)Nc1cccc2[nH]ccc12. The Labute approximate surface area is 144 Å². The molecule has 4 rings (SSSR count). The van der Waals surface area contributed by atoms with Crippen molar-refractivity contribution in [3.05, 3.63) is 42.1 Å². The summed E-state index contributed by atoms with van der Waals surface area (Å²) in [7, 11) is 1.62. The molecular weight excluding hydrogens is 320 g/mol. The molecule has 0 unspecified atom stereocenters. The van der Waals surface area contributed by atoms with Crippen LogP contribution in [0.15, 0.2) is 30.5 Å². The first-order chi connectivity index (χ1) is 12.2. The van der Waals surface area contributed by atoms with Gasteiger partial charge >= 0.3 is 6.03 Å². The van der Waals surface area contributed by atoms with Crippen LogP contribution in [0.25, 0.3) is 10.9 Å². The number of hydrogen-bond donors (Lipinski definition) is 3. The number of carbonyl (C=O) groups excluding carboxylic acids is 1. The second-order valence-electron chi connectivity index (χ2n) is 6.08. The summed E-state index contributed by atoms with van der Waals surface area (Å²) in [6.07, 6.45) is 3.64. The number of fused-ring (bicyclic) bond motifs is 2. The average Bonchev–Trinajstić information content (AvgIpc) is 3.22. The summed E-state index contributed by atoms with van der Waals surface area (Å²) >= 11 is 0. The third-order valence-electron chi connectivity index (χ3n) is 4.34. The van der Waals surface area contributed by atoms with Crippen LogP contribution in [-0.2, 0) is 17.9 Å². The second kappa shape index (κ2) is 6.56. The number of anilines is 1. The number of nitrogens with one attached hydrogen (secondary N) is 3. The van der Waals surface area contributed by atoms with Gasteiger partial charge in [-0.15, -0.1) is 0 Å². The van der Waals surface area contributed by atoms with Crippen molar-refractivity contribution >= 4 is 22.6 Å². The third kappa shape index (κ3) is 3.08. The summed E-state index contributed by atoms with van der Waals surface area (Å²) in [4.78, 5) is 20.1. The highest BCUT2D eigenvalue weighted by molar-refractivity contribution is 6.00. The number of aromatic nitrogens is 4. The Hall–Kier alpha value is -2.87. The van der Waals surface area contributed by atoms with Crippen molar-refractivity contribution in [1.82, 2.24) is 25.1 Å². The zero-order valence-electron chi connectivity index (χ0n) is 14.0. The van der Waals surface area contributed by atoms with Crippen LogP contribution in [0.1, 0.15) is 30.5 Å². The number of aryl methyl sites for hydroxylation is 1. The van der Waals surface area contributed by atoms with E-state index >= 15 is 0 Å². The van der Waals surface area contributed by atoms with Gasteiger partial charge in [0, 0.05) is 30.8 Å². The van der Waals surface area contributed by atoms with Gasteiger partial charge in [-0.25, -0.2) is 14.5 Å². The van der Waals surface area contributed by atoms with Crippen LogP contribution in [0.5, 0.6) is 0 Å². The van der Waals surface area contributed by atoms with E-state index in [1.54, 1.807) is 7.11 Å². The maximum atomic E-state index is 12.5. The van der Waals surface area contributed by atoms with Crippen molar-refractivity contribution in [2.75, 3.05) is 12.4 Å². The molecule has 1 aliphatic rings. The van der Waals surface area contributed by atoms with Gasteiger partial charge in [-0.05, 0) is 31.0 Å². The topological polar surface area (TPSA) is 96.9 Å². The van der Waals surface area contributed by atoms with Gasteiger partial charge in [-0.3, -0.25) is 0 Å². The van der Waals surface area contributed by atoms with Crippen molar-refractivity contribution in [2.24, 2.45) is 0 Å². The van der Waals surface area contributed by atoms with Crippen molar-refractivity contribution in [2.45, 2.75) is 32.0 Å². The Morgan fingerprint density at radius 2 is 2.36 bits per heavy atom. The lowest BCUT2D eigenvalue weighted by Gasteiger charge is -2.23. The minimum absolute atomic E-state index is 0.155. The van der Waals surface area contributed by atoms with Gasteiger partial charge < -0.3 is 20.4 Å². The highest BCUT2D eigenvalue weighted by Gasteiger charge is 2.25. The molecule has 8 nitrogen and oxygen atoms in total. The van der Waals surface area contributed by atoms with Gasteiger partial charge in [0.25, 0.3) is 0 Å². The van der Waals surface area contributed by atoms with E-state index in [1.165, 1.54) is 0 Å². The fourth-order valence-corrected chi connectivity index (χ4v) is 3.24. The summed E-state index contributed by atoms with van der Waals surface area (Å²) in [5.41, 5.74) is 1.76. The number of nitrogens with zero attached hydrogens (tertiary/aromatic N) is 3. The maximum absolute atomic E-state index is 12.5. The lowest BCUT2D eigenvalue weighted by Crippen LogP contribution is -2.36. The molecule has 3 aromatic rings. The molecule has 3 heterocycles. The Kier molecular flexibility index (Phi) is 4.10. The van der Waals surface area contributed by atoms with Crippen LogP contribution in [-0.4, -0.2) is 32.9 Å². The first-order valence-corrected chi connectivity index (χ1v) is 8.31. The van der Waals surface area contributed by atoms with Crippen molar-refractivity contribution in [1.29, 1.82) is 0 Å². The van der Waals surface area contributed by atoms with E-state index in [4.69, 9.17) is 4.74 Å². The lowest BCUT2D eigenvalue weighted by molar-refractivity contribution is 0.177. The molecule has 3 N–H and O–H groups in total. The summed E-state index contributed by atoms with van der Waals surface area (Å²) in [5.74, 6) is 1.43. The van der Waals surface area contributed by atoms with Gasteiger partial charge in [0.1, 0.15) is 12.4 Å². The molecule has 0 bridgehead atoms. The average molecular weight is 340 g/mol. The van der Waals surface area contributed by atoms with E-state index in [0.29, 0.717) is 12.4 Å². The summed E-state index contributed by atoms with van der Waals surface area (Å²) in [6, 6.07) is 7.30. The highest BCUT2D eigenvalue weighted by Crippen LogP contribution is 2.25. The molecule has 0 aliphatic carbocycles. The zero-order valence-corrected chi connectivity index (χ0v) is 14.0. The Morgan fingerprint density at radius 3 is 3.24 bits per heavy atom. The van der Waals surface area contributed by atoms with E-state index in [1.807, 2.05) is 35.1 Å². The van der Waals surface area contributed by atoms with Gasteiger partial charge in [0.2, 0.25) is 0 Å². The number of hydrogen-bond acceptors (Lipinski definition) is 4. The fraction of sp³-hybridized carbons (Fsp3) is 0.353. The summed E-state index contributed by atoms with van der Waals surface area (Å²) in [5, 5.41) is 11.3. The molecule has 130 valence electrons. The molecule has 0 saturated carbocycles. The predicted molar refractivity (Wildman–Crippen MR) is 93.2 cm³/mol. The molecule has 0 spiro atoms. The van der Waals surface area contributed by atoms with E-state index in [9.17, 15) is 4.79 Å². The van der Waals surface area contributed by atoms with Crippen molar-refractivity contribution < 1.29 is 9.53 Å². The fourth-order valence-electron chi connectivity index (χ4n) is 3.24. The standard InChI is InChI=1S/C17H20N6O2/c1-25-10-15-21-16-14(6-3-9-23(16)22-15)20-17(24)19-13-5-2-4-12-11(13)7-8-18-12/h2,4-5,7-8,14,18H,3,6,9-10H2,1H3,(H2,19,20,24)/t14-/m0/s1. The largest absolute Gasteiger partial charge is 0.377 e. The molecule has 25 heavy (non-hydrogen) atoms. The number of ether oxygens (including phenoxy) is 1. The number of methoxy groups -OCH3 is 1. The number of benzene rings is 1. The van der Waals surface area contributed by atoms with E-state index in [-0.39, 0.29) is 12.1 Å². The Morgan fingerprint density at radius 1 is 1.44 bits per heavy atom. The van der Waals surface area contributed by atoms with Crippen molar-refractivity contribution in [3.63, 3.8) is 0 Å². The van der Waals surface area contributed by atoms with Crippen LogP contribution >= 0.6 is 0 Å². The molecule has 2 aromatic heterocycles. The maximum Gasteiger partial charge on any atom is 0.319 e. The quantitative estimate of drug-likeness (QED) is 0.680. The minimum Gasteiger partial charge on any atom is -0.377 e. The van der Waals surface area contributed by atoms with Crippen LogP contribution in [0, 0.1) is 0 Å². The molecule has 1 aromatic carbocycles. The predicted octanol–water partition coefficient (Wildman–Crippen LogP) is 2.56. The molecule has 1 atom stereocenters. The van der Waals surface area contributed by atoms with Gasteiger partial charge in [-0.1, -0.05) is 6.07 Å². The van der Waals surface area contributed by atoms with E-state index in [0.717, 1.165) is 41.8 Å². The Bertz CT molecular complexity index is 900. The lowest BCUT2D eigenvalue weighted by atomic mass is 10.1. The molecule has 0 fully saturated rings. The normalized spacial score (nSPS) is 16.6. The monoisotopic (exact) mass is 340 g/mol. The first-order valence-electron chi connectivity index (χ1n) is 8.31. The second-order valence-corrected chi connectivity index (χ2v) is 6.08. The molecule has 2 amide bonds. The molecule has 0 saturated heterocycles. The number of carbonyl (C=O) groups is 1. The molecular formula is C17H20N6O2. The number of urea groups is 1.